The van der Waals surface area contributed by atoms with Gasteiger partial charge in [-0.3, -0.25) is 4.79 Å². The maximum atomic E-state index is 13.3. The Bertz CT molecular complexity index is 1080. The molecule has 7 heteroatoms. The number of hydrogen-bond acceptors (Lipinski definition) is 5. The largest absolute Gasteiger partial charge is 0.465 e. The van der Waals surface area contributed by atoms with E-state index < -0.39 is 0 Å². The molecule has 150 valence electrons. The molecular weight excluding hydrogens is 386 g/mol. The summed E-state index contributed by atoms with van der Waals surface area (Å²) in [6.07, 6.45) is 3.60. The molecule has 1 aromatic heterocycles. The molecule has 0 radical (unpaired) electrons. The highest BCUT2D eigenvalue weighted by Gasteiger charge is 2.27. The van der Waals surface area contributed by atoms with Crippen LogP contribution in [0.3, 0.4) is 0 Å². The van der Waals surface area contributed by atoms with Crippen molar-refractivity contribution < 1.29 is 14.3 Å². The molecule has 0 unspecified atom stereocenters. The minimum absolute atomic E-state index is 0.00141. The van der Waals surface area contributed by atoms with Crippen LogP contribution in [0.15, 0.2) is 42.5 Å². The number of methoxy groups -OCH3 is 1. The van der Waals surface area contributed by atoms with Gasteiger partial charge in [0.15, 0.2) is 0 Å². The zero-order valence-corrected chi connectivity index (χ0v) is 17.4. The van der Waals surface area contributed by atoms with Crippen LogP contribution in [0, 0.1) is 0 Å². The Morgan fingerprint density at radius 2 is 2.00 bits per heavy atom. The fourth-order valence-corrected chi connectivity index (χ4v) is 4.43. The van der Waals surface area contributed by atoms with Crippen LogP contribution in [0.25, 0.3) is 11.0 Å². The van der Waals surface area contributed by atoms with Crippen LogP contribution in [0.5, 0.6) is 0 Å². The van der Waals surface area contributed by atoms with Gasteiger partial charge in [0.25, 0.3) is 0 Å². The number of benzene rings is 2. The van der Waals surface area contributed by atoms with Gasteiger partial charge in [-0.2, -0.15) is 11.8 Å². The summed E-state index contributed by atoms with van der Waals surface area (Å²) >= 11 is 1.68. The molecule has 1 aliphatic heterocycles. The van der Waals surface area contributed by atoms with Crippen molar-refractivity contribution in [2.45, 2.75) is 25.1 Å². The molecule has 4 rings (SSSR count). The van der Waals surface area contributed by atoms with E-state index in [2.05, 4.69) is 0 Å². The Balaban J connectivity index is 1.69. The quantitative estimate of drug-likeness (QED) is 0.602. The zero-order chi connectivity index (χ0) is 20.4. The topological polar surface area (TPSA) is 64.4 Å². The second-order valence-electron chi connectivity index (χ2n) is 6.98. The smallest absolute Gasteiger partial charge is 0.338 e. The maximum absolute atomic E-state index is 13.3. The van der Waals surface area contributed by atoms with Crippen molar-refractivity contribution in [1.82, 2.24) is 9.55 Å². The van der Waals surface area contributed by atoms with Crippen molar-refractivity contribution in [1.29, 1.82) is 0 Å². The lowest BCUT2D eigenvalue weighted by Crippen LogP contribution is -2.38. The number of anilines is 1. The molecule has 2 heterocycles. The van der Waals surface area contributed by atoms with Gasteiger partial charge in [-0.15, -0.1) is 0 Å². The SMILES string of the molecule is COC(=O)c1cccc2c1CCCN2C(=O)Cn1c(CSC)nc2ccccc21. The summed E-state index contributed by atoms with van der Waals surface area (Å²) in [6, 6.07) is 13.4. The minimum Gasteiger partial charge on any atom is -0.465 e. The first-order chi connectivity index (χ1) is 14.1. The molecule has 3 aromatic rings. The first-order valence-electron chi connectivity index (χ1n) is 9.57. The van der Waals surface area contributed by atoms with Crippen LogP contribution in [0.1, 0.15) is 28.2 Å². The Labute approximate surface area is 173 Å². The third-order valence-corrected chi connectivity index (χ3v) is 5.80. The lowest BCUT2D eigenvalue weighted by atomic mass is 9.96. The van der Waals surface area contributed by atoms with Gasteiger partial charge < -0.3 is 14.2 Å². The first kappa shape index (κ1) is 19.5. The molecule has 2 aromatic carbocycles. The van der Waals surface area contributed by atoms with Gasteiger partial charge in [-0.1, -0.05) is 18.2 Å². The van der Waals surface area contributed by atoms with Crippen LogP contribution in [-0.4, -0.2) is 41.3 Å². The molecule has 1 aliphatic rings. The number of hydrogen-bond donors (Lipinski definition) is 0. The van der Waals surface area contributed by atoms with E-state index in [9.17, 15) is 9.59 Å². The second kappa shape index (κ2) is 8.29. The fourth-order valence-electron chi connectivity index (χ4n) is 3.95. The van der Waals surface area contributed by atoms with E-state index in [-0.39, 0.29) is 18.4 Å². The van der Waals surface area contributed by atoms with Crippen LogP contribution in [-0.2, 0) is 28.2 Å². The number of nitrogens with zero attached hydrogens (tertiary/aromatic N) is 3. The van der Waals surface area contributed by atoms with Crippen molar-refractivity contribution in [2.75, 3.05) is 24.8 Å². The molecule has 6 nitrogen and oxygen atoms in total. The number of rotatable bonds is 5. The van der Waals surface area contributed by atoms with Gasteiger partial charge in [-0.25, -0.2) is 9.78 Å². The summed E-state index contributed by atoms with van der Waals surface area (Å²) in [7, 11) is 1.38. The van der Waals surface area contributed by atoms with E-state index in [1.807, 2.05) is 47.2 Å². The van der Waals surface area contributed by atoms with E-state index in [0.717, 1.165) is 46.7 Å². The number of fused-ring (bicyclic) bond motifs is 2. The first-order valence-corrected chi connectivity index (χ1v) is 11.0. The molecule has 0 spiro atoms. The number of imidazole rings is 1. The van der Waals surface area contributed by atoms with E-state index in [1.165, 1.54) is 7.11 Å². The lowest BCUT2D eigenvalue weighted by molar-refractivity contribution is -0.119. The maximum Gasteiger partial charge on any atom is 0.338 e. The van der Waals surface area contributed by atoms with Gasteiger partial charge in [0, 0.05) is 12.2 Å². The highest BCUT2D eigenvalue weighted by atomic mass is 32.2. The molecule has 0 N–H and O–H groups in total. The number of esters is 1. The molecule has 0 saturated carbocycles. The van der Waals surface area contributed by atoms with Crippen LogP contribution in [0.2, 0.25) is 0 Å². The van der Waals surface area contributed by atoms with Gasteiger partial charge in [-0.05, 0) is 48.9 Å². The predicted octanol–water partition coefficient (Wildman–Crippen LogP) is 3.67. The Morgan fingerprint density at radius 3 is 2.79 bits per heavy atom. The number of thioether (sulfide) groups is 1. The average molecular weight is 410 g/mol. The van der Waals surface area contributed by atoms with Crippen LogP contribution < -0.4 is 4.90 Å². The van der Waals surface area contributed by atoms with Crippen LogP contribution in [0.4, 0.5) is 5.69 Å². The number of aromatic nitrogens is 2. The Hall–Kier alpha value is -2.80. The molecule has 1 amide bonds. The second-order valence-corrected chi connectivity index (χ2v) is 7.85. The molecule has 0 saturated heterocycles. The van der Waals surface area contributed by atoms with Gasteiger partial charge in [0.05, 0.1) is 29.5 Å². The van der Waals surface area contributed by atoms with Crippen molar-refractivity contribution >= 4 is 40.4 Å². The zero-order valence-electron chi connectivity index (χ0n) is 16.6. The summed E-state index contributed by atoms with van der Waals surface area (Å²) in [5, 5.41) is 0. The van der Waals surface area contributed by atoms with Gasteiger partial charge >= 0.3 is 5.97 Å². The highest BCUT2D eigenvalue weighted by Crippen LogP contribution is 2.31. The fraction of sp³-hybridized carbons (Fsp3) is 0.318. The third-order valence-electron chi connectivity index (χ3n) is 5.26. The number of ether oxygens (including phenoxy) is 1. The normalized spacial score (nSPS) is 13.4. The number of para-hydroxylation sites is 2. The van der Waals surface area contributed by atoms with Crippen molar-refractivity contribution in [3.8, 4) is 0 Å². The summed E-state index contributed by atoms with van der Waals surface area (Å²) < 4.78 is 6.92. The summed E-state index contributed by atoms with van der Waals surface area (Å²) in [4.78, 5) is 32.0. The lowest BCUT2D eigenvalue weighted by Gasteiger charge is -2.31. The standard InChI is InChI=1S/C22H23N3O3S/c1-28-22(27)16-7-5-11-18-15(16)8-6-12-24(18)21(26)13-25-19-10-4-3-9-17(19)23-20(25)14-29-2/h3-5,7,9-11H,6,8,12-14H2,1-2H3. The summed E-state index contributed by atoms with van der Waals surface area (Å²) in [5.41, 5.74) is 4.10. The van der Waals surface area contributed by atoms with Crippen molar-refractivity contribution in [3.05, 3.63) is 59.4 Å². The molecule has 0 fully saturated rings. The molecule has 0 aliphatic carbocycles. The average Bonchev–Trinajstić information content (AvgIpc) is 3.09. The van der Waals surface area contributed by atoms with Crippen molar-refractivity contribution in [3.63, 3.8) is 0 Å². The van der Waals surface area contributed by atoms with Gasteiger partial charge in [0.2, 0.25) is 5.91 Å². The third kappa shape index (κ3) is 3.62. The van der Waals surface area contributed by atoms with Gasteiger partial charge in [0.1, 0.15) is 12.4 Å². The van der Waals surface area contributed by atoms with E-state index in [4.69, 9.17) is 9.72 Å². The number of amides is 1. The molecule has 0 bridgehead atoms. The Kier molecular flexibility index (Phi) is 5.58. The highest BCUT2D eigenvalue weighted by molar-refractivity contribution is 7.97. The molecule has 0 atom stereocenters. The Morgan fingerprint density at radius 1 is 1.17 bits per heavy atom. The molecular formula is C22H23N3O3S. The monoisotopic (exact) mass is 409 g/mol. The predicted molar refractivity (Wildman–Crippen MR) is 115 cm³/mol. The van der Waals surface area contributed by atoms with Crippen molar-refractivity contribution in [2.24, 2.45) is 0 Å². The minimum atomic E-state index is -0.362. The number of carbonyl (C=O) groups excluding carboxylic acids is 2. The molecule has 29 heavy (non-hydrogen) atoms. The van der Waals surface area contributed by atoms with E-state index >= 15 is 0 Å². The summed E-state index contributed by atoms with van der Waals surface area (Å²) in [5.74, 6) is 1.27. The van der Waals surface area contributed by atoms with E-state index in [0.29, 0.717) is 12.1 Å². The van der Waals surface area contributed by atoms with E-state index in [1.54, 1.807) is 22.7 Å². The summed E-state index contributed by atoms with van der Waals surface area (Å²) in [6.45, 7) is 0.860. The van der Waals surface area contributed by atoms with Crippen LogP contribution >= 0.6 is 11.8 Å². The number of carbonyl (C=O) groups is 2.